The second-order valence-corrected chi connectivity index (χ2v) is 6.20. The van der Waals surface area contributed by atoms with Crippen LogP contribution in [0.3, 0.4) is 0 Å². The van der Waals surface area contributed by atoms with Gasteiger partial charge < -0.3 is 5.32 Å². The average molecular weight is 253 g/mol. The molecule has 0 heterocycles. The molecule has 1 saturated carbocycles. The second-order valence-electron chi connectivity index (χ2n) is 6.20. The summed E-state index contributed by atoms with van der Waals surface area (Å²) in [5, 5.41) is 3.80. The van der Waals surface area contributed by atoms with Crippen molar-refractivity contribution in [2.75, 3.05) is 6.54 Å². The van der Waals surface area contributed by atoms with Crippen molar-refractivity contribution in [3.8, 4) is 0 Å². The van der Waals surface area contributed by atoms with Gasteiger partial charge in [-0.1, -0.05) is 65.2 Å². The minimum absolute atomic E-state index is 0.831. The van der Waals surface area contributed by atoms with Crippen molar-refractivity contribution in [3.05, 3.63) is 0 Å². The van der Waals surface area contributed by atoms with Crippen molar-refractivity contribution < 1.29 is 0 Å². The molecule has 0 aliphatic heterocycles. The van der Waals surface area contributed by atoms with Crippen molar-refractivity contribution in [3.63, 3.8) is 0 Å². The molecule has 1 aliphatic carbocycles. The van der Waals surface area contributed by atoms with E-state index in [2.05, 4.69) is 19.2 Å². The predicted octanol–water partition coefficient (Wildman–Crippen LogP) is 5.30. The number of nitrogens with one attached hydrogen (secondary N) is 1. The first-order valence-corrected chi connectivity index (χ1v) is 8.60. The molecule has 1 rings (SSSR count). The summed E-state index contributed by atoms with van der Waals surface area (Å²) in [4.78, 5) is 0. The van der Waals surface area contributed by atoms with Crippen LogP contribution in [0, 0.1) is 5.92 Å². The molecule has 2 unspecified atom stereocenters. The lowest BCUT2D eigenvalue weighted by Crippen LogP contribution is -2.29. The summed E-state index contributed by atoms with van der Waals surface area (Å²) in [6.45, 7) is 5.90. The fourth-order valence-electron chi connectivity index (χ4n) is 3.20. The van der Waals surface area contributed by atoms with E-state index in [1.54, 1.807) is 0 Å². The molecule has 2 atom stereocenters. The van der Waals surface area contributed by atoms with Gasteiger partial charge in [-0.3, -0.25) is 0 Å². The highest BCUT2D eigenvalue weighted by Crippen LogP contribution is 2.25. The zero-order valence-corrected chi connectivity index (χ0v) is 12.8. The maximum atomic E-state index is 3.80. The van der Waals surface area contributed by atoms with Gasteiger partial charge in [0.25, 0.3) is 0 Å². The summed E-state index contributed by atoms with van der Waals surface area (Å²) in [6.07, 6.45) is 17.1. The number of hydrogen-bond donors (Lipinski definition) is 1. The number of unbranched alkanes of at least 4 members (excludes halogenated alkanes) is 5. The van der Waals surface area contributed by atoms with E-state index in [-0.39, 0.29) is 0 Å². The lowest BCUT2D eigenvalue weighted by atomic mass is 9.98. The fourth-order valence-corrected chi connectivity index (χ4v) is 3.20. The van der Waals surface area contributed by atoms with Crippen molar-refractivity contribution >= 4 is 0 Å². The van der Waals surface area contributed by atoms with E-state index in [0.29, 0.717) is 0 Å². The van der Waals surface area contributed by atoms with Crippen molar-refractivity contribution in [2.45, 2.75) is 96.9 Å². The molecule has 0 aromatic heterocycles. The van der Waals surface area contributed by atoms with Crippen LogP contribution < -0.4 is 5.32 Å². The SMILES string of the molecule is CCCCCCCCNC1CCCC(CC)CC1. The molecule has 108 valence electrons. The summed E-state index contributed by atoms with van der Waals surface area (Å²) >= 11 is 0. The summed E-state index contributed by atoms with van der Waals surface area (Å²) in [5.74, 6) is 1.02. The predicted molar refractivity (Wildman–Crippen MR) is 82.0 cm³/mol. The lowest BCUT2D eigenvalue weighted by Gasteiger charge is -2.16. The first kappa shape index (κ1) is 16.0. The third kappa shape index (κ3) is 7.41. The number of hydrogen-bond acceptors (Lipinski definition) is 1. The van der Waals surface area contributed by atoms with Crippen LogP contribution >= 0.6 is 0 Å². The lowest BCUT2D eigenvalue weighted by molar-refractivity contribution is 0.421. The summed E-state index contributed by atoms with van der Waals surface area (Å²) in [5.41, 5.74) is 0. The fraction of sp³-hybridized carbons (Fsp3) is 1.00. The minimum atomic E-state index is 0.831. The summed E-state index contributed by atoms with van der Waals surface area (Å²) in [7, 11) is 0. The van der Waals surface area contributed by atoms with Gasteiger partial charge in [0.05, 0.1) is 0 Å². The third-order valence-electron chi connectivity index (χ3n) is 4.63. The molecule has 0 aromatic carbocycles. The Kier molecular flexibility index (Phi) is 9.65. The Bertz CT molecular complexity index is 178. The molecule has 0 aromatic rings. The highest BCUT2D eigenvalue weighted by Gasteiger charge is 2.16. The monoisotopic (exact) mass is 253 g/mol. The maximum Gasteiger partial charge on any atom is 0.00671 e. The number of rotatable bonds is 9. The molecule has 0 amide bonds. The molecule has 1 nitrogen and oxygen atoms in total. The van der Waals surface area contributed by atoms with Gasteiger partial charge in [0.15, 0.2) is 0 Å². The van der Waals surface area contributed by atoms with E-state index in [0.717, 1.165) is 12.0 Å². The zero-order valence-electron chi connectivity index (χ0n) is 12.8. The van der Waals surface area contributed by atoms with Gasteiger partial charge >= 0.3 is 0 Å². The van der Waals surface area contributed by atoms with Gasteiger partial charge in [-0.05, 0) is 38.1 Å². The minimum Gasteiger partial charge on any atom is -0.314 e. The Morgan fingerprint density at radius 2 is 1.61 bits per heavy atom. The van der Waals surface area contributed by atoms with E-state index >= 15 is 0 Å². The van der Waals surface area contributed by atoms with E-state index in [4.69, 9.17) is 0 Å². The smallest absolute Gasteiger partial charge is 0.00671 e. The van der Waals surface area contributed by atoms with Crippen LogP contribution in [0.1, 0.15) is 90.9 Å². The normalized spacial score (nSPS) is 25.0. The van der Waals surface area contributed by atoms with Crippen LogP contribution in [0.15, 0.2) is 0 Å². The Morgan fingerprint density at radius 3 is 2.39 bits per heavy atom. The largest absolute Gasteiger partial charge is 0.314 e. The molecule has 18 heavy (non-hydrogen) atoms. The van der Waals surface area contributed by atoms with E-state index in [9.17, 15) is 0 Å². The van der Waals surface area contributed by atoms with Gasteiger partial charge in [0.2, 0.25) is 0 Å². The van der Waals surface area contributed by atoms with Gasteiger partial charge in [-0.15, -0.1) is 0 Å². The van der Waals surface area contributed by atoms with Crippen LogP contribution in [0.25, 0.3) is 0 Å². The van der Waals surface area contributed by atoms with Crippen LogP contribution in [0.2, 0.25) is 0 Å². The van der Waals surface area contributed by atoms with Crippen LogP contribution in [0.4, 0.5) is 0 Å². The molecular weight excluding hydrogens is 218 g/mol. The van der Waals surface area contributed by atoms with Gasteiger partial charge in [-0.25, -0.2) is 0 Å². The summed E-state index contributed by atoms with van der Waals surface area (Å²) in [6, 6.07) is 0.831. The maximum absolute atomic E-state index is 3.80. The summed E-state index contributed by atoms with van der Waals surface area (Å²) < 4.78 is 0. The van der Waals surface area contributed by atoms with Crippen molar-refractivity contribution in [1.29, 1.82) is 0 Å². The van der Waals surface area contributed by atoms with E-state index in [1.165, 1.54) is 83.6 Å². The van der Waals surface area contributed by atoms with E-state index in [1.807, 2.05) is 0 Å². The second kappa shape index (κ2) is 10.8. The van der Waals surface area contributed by atoms with Crippen LogP contribution in [-0.4, -0.2) is 12.6 Å². The molecule has 1 aliphatic rings. The molecule has 0 spiro atoms. The van der Waals surface area contributed by atoms with Crippen LogP contribution in [-0.2, 0) is 0 Å². The first-order chi connectivity index (χ1) is 8.86. The standard InChI is InChI=1S/C17H35N/c1-3-5-6-7-8-9-15-18-17-12-10-11-16(4-2)13-14-17/h16-18H,3-15H2,1-2H3. The topological polar surface area (TPSA) is 12.0 Å². The van der Waals surface area contributed by atoms with Crippen molar-refractivity contribution in [2.24, 2.45) is 5.92 Å². The molecule has 0 radical (unpaired) electrons. The Morgan fingerprint density at radius 1 is 0.833 bits per heavy atom. The quantitative estimate of drug-likeness (QED) is 0.434. The average Bonchev–Trinajstić information content (AvgIpc) is 2.63. The van der Waals surface area contributed by atoms with Crippen molar-refractivity contribution in [1.82, 2.24) is 5.32 Å². The van der Waals surface area contributed by atoms with E-state index < -0.39 is 0 Å². The zero-order chi connectivity index (χ0) is 13.1. The van der Waals surface area contributed by atoms with Crippen LogP contribution in [0.5, 0.6) is 0 Å². The van der Waals surface area contributed by atoms with Gasteiger partial charge in [0.1, 0.15) is 0 Å². The first-order valence-electron chi connectivity index (χ1n) is 8.60. The molecule has 1 heteroatoms. The third-order valence-corrected chi connectivity index (χ3v) is 4.63. The molecular formula is C17H35N. The Balaban J connectivity index is 1.95. The Hall–Kier alpha value is -0.0400. The van der Waals surface area contributed by atoms with Gasteiger partial charge in [-0.2, -0.15) is 0 Å². The molecule has 1 fully saturated rings. The highest BCUT2D eigenvalue weighted by molar-refractivity contribution is 4.74. The van der Waals surface area contributed by atoms with Gasteiger partial charge in [0, 0.05) is 6.04 Å². The Labute approximate surface area is 115 Å². The molecule has 1 N–H and O–H groups in total. The molecule has 0 saturated heterocycles. The highest BCUT2D eigenvalue weighted by atomic mass is 14.9. The molecule has 0 bridgehead atoms.